The van der Waals surface area contributed by atoms with Gasteiger partial charge in [-0.1, -0.05) is 17.9 Å². The molecule has 0 spiro atoms. The van der Waals surface area contributed by atoms with Crippen molar-refractivity contribution in [1.29, 1.82) is 0 Å². The summed E-state index contributed by atoms with van der Waals surface area (Å²) in [7, 11) is 0. The van der Waals surface area contributed by atoms with Crippen LogP contribution in [0.25, 0.3) is 0 Å². The zero-order chi connectivity index (χ0) is 11.3. The van der Waals surface area contributed by atoms with Crippen LogP contribution in [-0.2, 0) is 0 Å². The first-order valence-electron chi connectivity index (χ1n) is 5.27. The van der Waals surface area contributed by atoms with Crippen LogP contribution in [0.15, 0.2) is 24.3 Å². The van der Waals surface area contributed by atoms with E-state index in [9.17, 15) is 0 Å². The largest absolute Gasteiger partial charge is 0.494 e. The molecule has 0 saturated heterocycles. The smallest absolute Gasteiger partial charge is 0.120 e. The molecule has 0 aromatic heterocycles. The van der Waals surface area contributed by atoms with Crippen molar-refractivity contribution in [2.75, 3.05) is 6.61 Å². The first kappa shape index (κ1) is 11.7. The highest BCUT2D eigenvalue weighted by molar-refractivity contribution is 5.40. The molecule has 0 amide bonds. The summed E-state index contributed by atoms with van der Waals surface area (Å²) in [5.74, 6) is 7.24. The number of ether oxygens (including phenoxy) is 1. The predicted molar refractivity (Wildman–Crippen MR) is 63.9 cm³/mol. The summed E-state index contributed by atoms with van der Waals surface area (Å²) in [6, 6.07) is 7.90. The Morgan fingerprint density at radius 2 is 2.00 bits per heavy atom. The first-order chi connectivity index (χ1) is 7.01. The standard InChI is InChI=1S/C14H18O/c1-5-15-13-8-6-7-12(11-13)9-10-14(2,3)4/h6-8,11H,5H2,1-4H3. The number of rotatable bonds is 2. The van der Waals surface area contributed by atoms with E-state index in [0.29, 0.717) is 6.61 Å². The quantitative estimate of drug-likeness (QED) is 0.667. The highest BCUT2D eigenvalue weighted by Crippen LogP contribution is 2.14. The van der Waals surface area contributed by atoms with Crippen LogP contribution < -0.4 is 4.74 Å². The van der Waals surface area contributed by atoms with Crippen LogP contribution >= 0.6 is 0 Å². The number of hydrogen-bond donors (Lipinski definition) is 0. The molecular formula is C14H18O. The lowest BCUT2D eigenvalue weighted by Gasteiger charge is -2.07. The molecule has 15 heavy (non-hydrogen) atoms. The highest BCUT2D eigenvalue weighted by atomic mass is 16.5. The van der Waals surface area contributed by atoms with Crippen molar-refractivity contribution >= 4 is 0 Å². The molecule has 0 atom stereocenters. The molecule has 0 saturated carbocycles. The van der Waals surface area contributed by atoms with Gasteiger partial charge < -0.3 is 4.74 Å². The number of hydrogen-bond acceptors (Lipinski definition) is 1. The van der Waals surface area contributed by atoms with E-state index < -0.39 is 0 Å². The van der Waals surface area contributed by atoms with E-state index in [1.807, 2.05) is 31.2 Å². The maximum Gasteiger partial charge on any atom is 0.120 e. The maximum atomic E-state index is 5.41. The Hall–Kier alpha value is -1.42. The molecule has 1 heteroatoms. The third-order valence-corrected chi connectivity index (χ3v) is 1.73. The Morgan fingerprint density at radius 3 is 2.60 bits per heavy atom. The summed E-state index contributed by atoms with van der Waals surface area (Å²) < 4.78 is 5.41. The summed E-state index contributed by atoms with van der Waals surface area (Å²) in [4.78, 5) is 0. The second-order valence-electron chi connectivity index (χ2n) is 4.46. The molecule has 0 unspecified atom stereocenters. The van der Waals surface area contributed by atoms with Crippen molar-refractivity contribution in [1.82, 2.24) is 0 Å². The Morgan fingerprint density at radius 1 is 1.27 bits per heavy atom. The van der Waals surface area contributed by atoms with Gasteiger partial charge in [0.25, 0.3) is 0 Å². The normalized spacial score (nSPS) is 10.4. The van der Waals surface area contributed by atoms with Gasteiger partial charge in [0.2, 0.25) is 0 Å². The van der Waals surface area contributed by atoms with E-state index in [-0.39, 0.29) is 5.41 Å². The molecule has 0 radical (unpaired) electrons. The second kappa shape index (κ2) is 4.89. The molecule has 0 aliphatic carbocycles. The van der Waals surface area contributed by atoms with Crippen molar-refractivity contribution in [2.24, 2.45) is 5.41 Å². The molecule has 0 aliphatic heterocycles. The van der Waals surface area contributed by atoms with Crippen molar-refractivity contribution in [3.8, 4) is 17.6 Å². The third-order valence-electron chi connectivity index (χ3n) is 1.73. The van der Waals surface area contributed by atoms with Crippen LogP contribution in [0.3, 0.4) is 0 Å². The molecule has 0 bridgehead atoms. The van der Waals surface area contributed by atoms with E-state index in [1.165, 1.54) is 0 Å². The van der Waals surface area contributed by atoms with Gasteiger partial charge in [-0.25, -0.2) is 0 Å². The van der Waals surface area contributed by atoms with Gasteiger partial charge in [-0.3, -0.25) is 0 Å². The SMILES string of the molecule is CCOc1cccc(C#CC(C)(C)C)c1. The molecule has 0 N–H and O–H groups in total. The van der Waals surface area contributed by atoms with Gasteiger partial charge in [0.15, 0.2) is 0 Å². The molecule has 1 aromatic rings. The monoisotopic (exact) mass is 202 g/mol. The molecule has 0 fully saturated rings. The molecule has 0 heterocycles. The van der Waals surface area contributed by atoms with Gasteiger partial charge in [-0.15, -0.1) is 0 Å². The average molecular weight is 202 g/mol. The molecule has 1 aromatic carbocycles. The predicted octanol–water partition coefficient (Wildman–Crippen LogP) is 3.48. The lowest BCUT2D eigenvalue weighted by Crippen LogP contribution is -1.99. The lowest BCUT2D eigenvalue weighted by atomic mass is 9.97. The fourth-order valence-electron chi connectivity index (χ4n) is 1.09. The van der Waals surface area contributed by atoms with Crippen molar-refractivity contribution < 1.29 is 4.74 Å². The van der Waals surface area contributed by atoms with Crippen molar-refractivity contribution in [3.63, 3.8) is 0 Å². The fourth-order valence-corrected chi connectivity index (χ4v) is 1.09. The zero-order valence-corrected chi connectivity index (χ0v) is 9.92. The van der Waals surface area contributed by atoms with Crippen LogP contribution in [0.1, 0.15) is 33.3 Å². The van der Waals surface area contributed by atoms with Crippen molar-refractivity contribution in [2.45, 2.75) is 27.7 Å². The van der Waals surface area contributed by atoms with E-state index in [1.54, 1.807) is 0 Å². The minimum absolute atomic E-state index is 0.0433. The summed E-state index contributed by atoms with van der Waals surface area (Å²) in [6.07, 6.45) is 0. The van der Waals surface area contributed by atoms with Gasteiger partial charge in [-0.05, 0) is 45.9 Å². The van der Waals surface area contributed by atoms with Gasteiger partial charge >= 0.3 is 0 Å². The molecule has 0 aliphatic rings. The summed E-state index contributed by atoms with van der Waals surface area (Å²) >= 11 is 0. The minimum Gasteiger partial charge on any atom is -0.494 e. The third kappa shape index (κ3) is 4.56. The summed E-state index contributed by atoms with van der Waals surface area (Å²) in [5, 5.41) is 0. The van der Waals surface area contributed by atoms with E-state index in [4.69, 9.17) is 4.74 Å². The first-order valence-corrected chi connectivity index (χ1v) is 5.27. The highest BCUT2D eigenvalue weighted by Gasteiger charge is 2.03. The van der Waals surface area contributed by atoms with Gasteiger partial charge in [0.1, 0.15) is 5.75 Å². The summed E-state index contributed by atoms with van der Waals surface area (Å²) in [6.45, 7) is 8.98. The Balaban J connectivity index is 2.85. The zero-order valence-electron chi connectivity index (χ0n) is 9.92. The Bertz CT molecular complexity index is 374. The molecular weight excluding hydrogens is 184 g/mol. The lowest BCUT2D eigenvalue weighted by molar-refractivity contribution is 0.340. The molecule has 80 valence electrons. The van der Waals surface area contributed by atoms with Crippen LogP contribution in [0.4, 0.5) is 0 Å². The Labute approximate surface area is 92.5 Å². The second-order valence-corrected chi connectivity index (χ2v) is 4.46. The van der Waals surface area contributed by atoms with Crippen LogP contribution in [0, 0.1) is 17.3 Å². The van der Waals surface area contributed by atoms with E-state index >= 15 is 0 Å². The van der Waals surface area contributed by atoms with Gasteiger partial charge in [-0.2, -0.15) is 0 Å². The van der Waals surface area contributed by atoms with Crippen molar-refractivity contribution in [3.05, 3.63) is 29.8 Å². The maximum absolute atomic E-state index is 5.41. The van der Waals surface area contributed by atoms with E-state index in [0.717, 1.165) is 11.3 Å². The number of benzene rings is 1. The average Bonchev–Trinajstić information content (AvgIpc) is 2.15. The van der Waals surface area contributed by atoms with Gasteiger partial charge in [0.05, 0.1) is 6.61 Å². The van der Waals surface area contributed by atoms with Crippen LogP contribution in [0.5, 0.6) is 5.75 Å². The summed E-state index contributed by atoms with van der Waals surface area (Å²) in [5.41, 5.74) is 1.05. The Kier molecular flexibility index (Phi) is 3.80. The van der Waals surface area contributed by atoms with E-state index in [2.05, 4.69) is 32.6 Å². The topological polar surface area (TPSA) is 9.23 Å². The molecule has 1 nitrogen and oxygen atoms in total. The van der Waals surface area contributed by atoms with Crippen LogP contribution in [-0.4, -0.2) is 6.61 Å². The fraction of sp³-hybridized carbons (Fsp3) is 0.429. The van der Waals surface area contributed by atoms with Gasteiger partial charge in [0, 0.05) is 11.0 Å². The minimum atomic E-state index is 0.0433. The molecule has 1 rings (SSSR count). The van der Waals surface area contributed by atoms with Crippen LogP contribution in [0.2, 0.25) is 0 Å².